The molecule has 0 aliphatic carbocycles. The van der Waals surface area contributed by atoms with Gasteiger partial charge in [0, 0.05) is 0 Å². The van der Waals surface area contributed by atoms with E-state index in [9.17, 15) is 20.3 Å². The normalized spacial score (nSPS) is 10.3. The summed E-state index contributed by atoms with van der Waals surface area (Å²) in [5.41, 5.74) is 5.10. The Morgan fingerprint density at radius 2 is 1.69 bits per heavy atom. The summed E-state index contributed by atoms with van der Waals surface area (Å²) in [5, 5.41) is 28.6. The number of hydrogen-bond acceptors (Lipinski definition) is 3. The number of benzene rings is 3. The van der Waals surface area contributed by atoms with Gasteiger partial charge in [0.05, 0.1) is 23.8 Å². The van der Waals surface area contributed by atoms with Crippen LogP contribution in [0.25, 0.3) is 22.3 Å². The molecule has 3 rings (SSSR count). The zero-order chi connectivity index (χ0) is 18.7. The minimum absolute atomic E-state index is 0.134. The van der Waals surface area contributed by atoms with Gasteiger partial charge in [0.1, 0.15) is 0 Å². The standard InChI is InChI=1S/C22H17NO3/c1-14-6-7-21(19(8-14)12-23)17-9-16(10-18(11-17)22(25)26)20-5-3-2-4-15(20)13-24/h2-11,24H,13H2,1H3,(H,25,26). The third-order valence-electron chi connectivity index (χ3n) is 4.29. The van der Waals surface area contributed by atoms with E-state index in [2.05, 4.69) is 6.07 Å². The number of aliphatic hydroxyl groups is 1. The van der Waals surface area contributed by atoms with Gasteiger partial charge in [-0.25, -0.2) is 4.79 Å². The quantitative estimate of drug-likeness (QED) is 0.736. The summed E-state index contributed by atoms with van der Waals surface area (Å²) in [5.74, 6) is -1.04. The van der Waals surface area contributed by atoms with Crippen molar-refractivity contribution in [3.05, 3.63) is 82.9 Å². The molecule has 0 saturated carbocycles. The molecule has 4 nitrogen and oxygen atoms in total. The fourth-order valence-electron chi connectivity index (χ4n) is 3.00. The van der Waals surface area contributed by atoms with Crippen LogP contribution in [-0.2, 0) is 6.61 Å². The monoisotopic (exact) mass is 343 g/mol. The largest absolute Gasteiger partial charge is 0.478 e. The van der Waals surface area contributed by atoms with Gasteiger partial charge in [0.2, 0.25) is 0 Å². The molecular formula is C22H17NO3. The van der Waals surface area contributed by atoms with Crippen molar-refractivity contribution in [1.29, 1.82) is 5.26 Å². The lowest BCUT2D eigenvalue weighted by molar-refractivity contribution is 0.0697. The number of carboxylic acid groups (broad SMARTS) is 1. The molecule has 128 valence electrons. The van der Waals surface area contributed by atoms with E-state index in [-0.39, 0.29) is 12.2 Å². The summed E-state index contributed by atoms with van der Waals surface area (Å²) in [4.78, 5) is 11.6. The molecule has 0 aliphatic rings. The summed E-state index contributed by atoms with van der Waals surface area (Å²) in [6, 6.07) is 20.0. The Morgan fingerprint density at radius 3 is 2.35 bits per heavy atom. The maximum absolute atomic E-state index is 11.6. The summed E-state index contributed by atoms with van der Waals surface area (Å²) in [7, 11) is 0. The van der Waals surface area contributed by atoms with E-state index in [1.165, 1.54) is 0 Å². The molecular weight excluding hydrogens is 326 g/mol. The van der Waals surface area contributed by atoms with Crippen LogP contribution in [-0.4, -0.2) is 16.2 Å². The van der Waals surface area contributed by atoms with Gasteiger partial charge in [-0.1, -0.05) is 36.4 Å². The highest BCUT2D eigenvalue weighted by Crippen LogP contribution is 2.32. The van der Waals surface area contributed by atoms with Gasteiger partial charge in [-0.05, 0) is 64.6 Å². The molecule has 0 spiro atoms. The first-order valence-corrected chi connectivity index (χ1v) is 8.12. The predicted octanol–water partition coefficient (Wildman–Crippen LogP) is 4.39. The van der Waals surface area contributed by atoms with Gasteiger partial charge in [0.15, 0.2) is 0 Å². The summed E-state index contributed by atoms with van der Waals surface area (Å²) >= 11 is 0. The van der Waals surface area contributed by atoms with E-state index in [1.54, 1.807) is 24.3 Å². The summed E-state index contributed by atoms with van der Waals surface area (Å²) < 4.78 is 0. The van der Waals surface area contributed by atoms with Crippen molar-refractivity contribution in [2.24, 2.45) is 0 Å². The van der Waals surface area contributed by atoms with Crippen molar-refractivity contribution in [2.75, 3.05) is 0 Å². The number of nitriles is 1. The van der Waals surface area contributed by atoms with Crippen molar-refractivity contribution < 1.29 is 15.0 Å². The Kier molecular flexibility index (Phi) is 4.83. The third-order valence-corrected chi connectivity index (χ3v) is 4.29. The maximum atomic E-state index is 11.6. The van der Waals surface area contributed by atoms with Crippen molar-refractivity contribution in [1.82, 2.24) is 0 Å². The van der Waals surface area contributed by atoms with Crippen LogP contribution in [0.4, 0.5) is 0 Å². The molecule has 26 heavy (non-hydrogen) atoms. The van der Waals surface area contributed by atoms with E-state index >= 15 is 0 Å². The van der Waals surface area contributed by atoms with Gasteiger partial charge in [-0.15, -0.1) is 0 Å². The van der Waals surface area contributed by atoms with E-state index in [4.69, 9.17) is 0 Å². The molecule has 3 aromatic carbocycles. The molecule has 0 heterocycles. The van der Waals surface area contributed by atoms with Gasteiger partial charge < -0.3 is 10.2 Å². The number of carbonyl (C=O) groups is 1. The summed E-state index contributed by atoms with van der Waals surface area (Å²) in [6.45, 7) is 1.76. The van der Waals surface area contributed by atoms with E-state index in [0.29, 0.717) is 27.8 Å². The SMILES string of the molecule is Cc1ccc(-c2cc(C(=O)O)cc(-c3ccccc3CO)c2)c(C#N)c1. The van der Waals surface area contributed by atoms with Gasteiger partial charge in [-0.2, -0.15) is 5.26 Å². The molecule has 0 fully saturated rings. The smallest absolute Gasteiger partial charge is 0.335 e. The van der Waals surface area contributed by atoms with Crippen molar-refractivity contribution in [2.45, 2.75) is 13.5 Å². The lowest BCUT2D eigenvalue weighted by Crippen LogP contribution is -1.99. The average Bonchev–Trinajstić information content (AvgIpc) is 2.67. The molecule has 2 N–H and O–H groups in total. The van der Waals surface area contributed by atoms with Crippen molar-refractivity contribution in [3.8, 4) is 28.3 Å². The van der Waals surface area contributed by atoms with Crippen molar-refractivity contribution in [3.63, 3.8) is 0 Å². The molecule has 4 heteroatoms. The Balaban J connectivity index is 2.27. The number of hydrogen-bond donors (Lipinski definition) is 2. The topological polar surface area (TPSA) is 81.3 Å². The van der Waals surface area contributed by atoms with Crippen LogP contribution in [0, 0.1) is 18.3 Å². The highest BCUT2D eigenvalue weighted by molar-refractivity contribution is 5.92. The minimum Gasteiger partial charge on any atom is -0.478 e. The fourth-order valence-corrected chi connectivity index (χ4v) is 3.00. The molecule has 0 amide bonds. The second-order valence-corrected chi connectivity index (χ2v) is 6.08. The summed E-state index contributed by atoms with van der Waals surface area (Å²) in [6.07, 6.45) is 0. The maximum Gasteiger partial charge on any atom is 0.335 e. The first-order chi connectivity index (χ1) is 12.5. The molecule has 0 bridgehead atoms. The van der Waals surface area contributed by atoms with Gasteiger partial charge in [-0.3, -0.25) is 0 Å². The number of rotatable bonds is 4. The molecule has 0 saturated heterocycles. The van der Waals surface area contributed by atoms with Crippen LogP contribution in [0.3, 0.4) is 0 Å². The molecule has 0 radical (unpaired) electrons. The number of aryl methyl sites for hydroxylation is 1. The third kappa shape index (κ3) is 3.34. The van der Waals surface area contributed by atoms with E-state index in [0.717, 1.165) is 11.1 Å². The number of nitrogens with zero attached hydrogens (tertiary/aromatic N) is 1. The lowest BCUT2D eigenvalue weighted by atomic mass is 9.91. The van der Waals surface area contributed by atoms with Crippen LogP contribution >= 0.6 is 0 Å². The lowest BCUT2D eigenvalue weighted by Gasteiger charge is -2.12. The van der Waals surface area contributed by atoms with E-state index in [1.807, 2.05) is 43.3 Å². The Hall–Kier alpha value is -3.42. The molecule has 0 aliphatic heterocycles. The molecule has 0 atom stereocenters. The highest BCUT2D eigenvalue weighted by atomic mass is 16.4. The second-order valence-electron chi connectivity index (χ2n) is 6.08. The van der Waals surface area contributed by atoms with Gasteiger partial charge >= 0.3 is 5.97 Å². The molecule has 0 aromatic heterocycles. The fraction of sp³-hybridized carbons (Fsp3) is 0.0909. The highest BCUT2D eigenvalue weighted by Gasteiger charge is 2.14. The van der Waals surface area contributed by atoms with Crippen molar-refractivity contribution >= 4 is 5.97 Å². The first-order valence-electron chi connectivity index (χ1n) is 8.12. The average molecular weight is 343 g/mol. The van der Waals surface area contributed by atoms with Crippen LogP contribution in [0.15, 0.2) is 60.7 Å². The Bertz CT molecular complexity index is 1030. The zero-order valence-corrected chi connectivity index (χ0v) is 14.2. The first kappa shape index (κ1) is 17.4. The Labute approximate surface area is 151 Å². The minimum atomic E-state index is -1.04. The van der Waals surface area contributed by atoms with Crippen LogP contribution < -0.4 is 0 Å². The zero-order valence-electron chi connectivity index (χ0n) is 14.2. The molecule has 3 aromatic rings. The number of carboxylic acids is 1. The molecule has 0 unspecified atom stereocenters. The number of aliphatic hydroxyl groups excluding tert-OH is 1. The van der Waals surface area contributed by atoms with Gasteiger partial charge in [0.25, 0.3) is 0 Å². The Morgan fingerprint density at radius 1 is 1.00 bits per heavy atom. The van der Waals surface area contributed by atoms with E-state index < -0.39 is 5.97 Å². The van der Waals surface area contributed by atoms with Crippen LogP contribution in [0.5, 0.6) is 0 Å². The predicted molar refractivity (Wildman–Crippen MR) is 99.6 cm³/mol. The second kappa shape index (κ2) is 7.22. The van der Waals surface area contributed by atoms with Crippen LogP contribution in [0.1, 0.15) is 27.0 Å². The van der Waals surface area contributed by atoms with Crippen LogP contribution in [0.2, 0.25) is 0 Å². The number of aromatic carboxylic acids is 1.